The van der Waals surface area contributed by atoms with Crippen molar-refractivity contribution in [1.29, 1.82) is 0 Å². The van der Waals surface area contributed by atoms with E-state index in [1.165, 1.54) is 50.8 Å². The van der Waals surface area contributed by atoms with E-state index in [4.69, 9.17) is 58.9 Å². The lowest BCUT2D eigenvalue weighted by Gasteiger charge is -2.37. The highest BCUT2D eigenvalue weighted by Gasteiger charge is 2.29. The Bertz CT molecular complexity index is 3630. The highest BCUT2D eigenvalue weighted by molar-refractivity contribution is 5.90. The Hall–Kier alpha value is -9.28. The van der Waals surface area contributed by atoms with Gasteiger partial charge in [-0.05, 0) is 158 Å². The van der Waals surface area contributed by atoms with Crippen LogP contribution in [0.4, 0.5) is 0 Å². The molecule has 2 aromatic rings. The van der Waals surface area contributed by atoms with Gasteiger partial charge < -0.3 is 73.8 Å². The number of benzene rings is 2. The molecule has 0 N–H and O–H groups in total. The van der Waals surface area contributed by atoms with Crippen LogP contribution in [0.2, 0.25) is 0 Å². The van der Waals surface area contributed by atoms with E-state index in [0.717, 1.165) is 243 Å². The van der Waals surface area contributed by atoms with Crippen LogP contribution >= 0.6 is 0 Å². The molecule has 0 bridgehead atoms. The summed E-state index contributed by atoms with van der Waals surface area (Å²) >= 11 is 0. The van der Waals surface area contributed by atoms with E-state index < -0.39 is 35.8 Å². The predicted molar refractivity (Wildman–Crippen MR) is 533 cm³/mol. The number of terminal acetylenes is 4. The van der Waals surface area contributed by atoms with Gasteiger partial charge in [-0.3, -0.25) is 0 Å². The van der Waals surface area contributed by atoms with E-state index in [2.05, 4.69) is 153 Å². The van der Waals surface area contributed by atoms with Crippen molar-refractivity contribution in [3.05, 3.63) is 83.9 Å². The van der Waals surface area contributed by atoms with Crippen LogP contribution in [0.3, 0.4) is 0 Å². The molecule has 0 aliphatic heterocycles. The maximum Gasteiger partial charge on any atom is 0.384 e. The van der Waals surface area contributed by atoms with Crippen LogP contribution in [0.25, 0.3) is 12.2 Å². The van der Waals surface area contributed by atoms with Crippen molar-refractivity contribution >= 4 is 59.9 Å². The van der Waals surface area contributed by atoms with E-state index >= 15 is 0 Å². The molecule has 0 heterocycles. The Kier molecular flexibility index (Phi) is 83.8. The fourth-order valence-corrected chi connectivity index (χ4v) is 14.2. The summed E-state index contributed by atoms with van der Waals surface area (Å²) in [4.78, 5) is 88.2. The Morgan fingerprint density at radius 1 is 0.262 bits per heavy atom. The number of carbonyl (C=O) groups excluding carboxylic acids is 8. The van der Waals surface area contributed by atoms with E-state index in [-0.39, 0.29) is 11.9 Å². The third-order valence-electron chi connectivity index (χ3n) is 23.0. The minimum Gasteiger partial charge on any atom is -0.457 e. The zero-order valence-corrected chi connectivity index (χ0v) is 86.6. The van der Waals surface area contributed by atoms with Gasteiger partial charge in [0.15, 0.2) is 0 Å². The number of carbonyl (C=O) groups is 8. The van der Waals surface area contributed by atoms with Gasteiger partial charge in [0.05, 0.1) is 160 Å². The fourth-order valence-electron chi connectivity index (χ4n) is 14.2. The van der Waals surface area contributed by atoms with Crippen molar-refractivity contribution in [2.45, 2.75) is 203 Å². The van der Waals surface area contributed by atoms with Crippen LogP contribution < -0.4 is 0 Å². The highest BCUT2D eigenvalue weighted by atomic mass is 16.6. The second kappa shape index (κ2) is 82.8. The summed E-state index contributed by atoms with van der Waals surface area (Å²) in [5.41, 5.74) is 2.02. The molecule has 2 rings (SSSR count). The van der Waals surface area contributed by atoms with Gasteiger partial charge >= 0.3 is 47.8 Å². The maximum atomic E-state index is 11.8. The summed E-state index contributed by atoms with van der Waals surface area (Å²) in [6.45, 7) is 73.1. The molecule has 2 atom stereocenters. The van der Waals surface area contributed by atoms with Crippen LogP contribution in [0.15, 0.2) is 72.8 Å². The molecule has 0 fully saturated rings. The Morgan fingerprint density at radius 3 is 0.654 bits per heavy atom. The Morgan fingerprint density at radius 2 is 0.462 bits per heavy atom. The normalized spacial score (nSPS) is 11.7. The molecular formula is C106H184N8O16+8. The van der Waals surface area contributed by atoms with Gasteiger partial charge in [0.2, 0.25) is 0 Å². The van der Waals surface area contributed by atoms with Crippen LogP contribution in [-0.2, 0) is 76.3 Å². The standard InChI is InChI=1S/C20H32NO2.C19H30NO2.C14H26NO2.C13H24NO2.C12H22NO2.C11H20NO2.C9H16NO2.C8H14NO2/c1-4-7-16-21(6-3,15-5-2)17-18-23-20(22)14-13-19-11-9-8-10-12-19;1-4-14-20(6-3,15-5-2)16-17-22-19(21)13-12-18-10-8-7-9-11-18;1-5-9-11-15(8-4,10-6-2)12-13-17-14(16)7-3;1-5-9-14(8-4,10-6-2)11-12-16-13(15)7-3;1-5-9-12(14)15-11-10-13(6-2,7-3)8-4;1-5-11(13)14-10-9-12(6-2,7-3)8-4;1-5-6-9(11)12-8-7-10(2,3)4;1-5-8(10)11-7-6-9(2,3)4/h8-14H,4-7,15-18H2,1-3H3;7-13H,4-6,14-17H2,1-3H3;3H,5-6,8-13H2,1-2,4H3;3H,5-6,8-12H2,1-2,4H3;6-8,10-11H2,1-4H3;1H,6-10H2,2-4H3;7-8H2,1-4H3;1H,6-7H2,2-4H3/q8*+1/b14-13+;13-12+;;;;;;. The lowest BCUT2D eigenvalue weighted by molar-refractivity contribution is -0.927. The van der Waals surface area contributed by atoms with Crippen molar-refractivity contribution in [3.63, 3.8) is 0 Å². The number of rotatable bonds is 56. The molecule has 0 radical (unpaired) electrons. The monoisotopic (exact) mass is 1830 g/mol. The number of hydrogen-bond donors (Lipinski definition) is 0. The number of likely N-dealkylation sites (N-methyl/N-ethyl adjacent to an activating group) is 8. The van der Waals surface area contributed by atoms with Gasteiger partial charge in [-0.15, -0.1) is 25.7 Å². The number of hydrogen-bond acceptors (Lipinski definition) is 16. The van der Waals surface area contributed by atoms with Gasteiger partial charge in [0.1, 0.15) is 105 Å². The zero-order valence-electron chi connectivity index (χ0n) is 86.6. The summed E-state index contributed by atoms with van der Waals surface area (Å²) in [7, 11) is 12.2. The molecule has 0 aliphatic rings. The maximum absolute atomic E-state index is 11.8. The number of unbranched alkanes of at least 4 members (excludes halogenated alkanes) is 2. The molecule has 24 nitrogen and oxygen atoms in total. The smallest absolute Gasteiger partial charge is 0.384 e. The fraction of sp³-hybridized carbons (Fsp3) is 0.660. The average molecular weight is 1830 g/mol. The molecule has 0 spiro atoms. The average Bonchev–Trinajstić information content (AvgIpc) is 0.652. The van der Waals surface area contributed by atoms with E-state index in [1.807, 2.05) is 127 Å². The van der Waals surface area contributed by atoms with Gasteiger partial charge in [0.25, 0.3) is 0 Å². The summed E-state index contributed by atoms with van der Waals surface area (Å²) in [5.74, 6) is 13.8. The van der Waals surface area contributed by atoms with Crippen LogP contribution in [0.1, 0.15) is 214 Å². The quantitative estimate of drug-likeness (QED) is 0.0150. The van der Waals surface area contributed by atoms with Crippen molar-refractivity contribution < 1.29 is 112 Å². The topological polar surface area (TPSA) is 210 Å². The summed E-state index contributed by atoms with van der Waals surface area (Å²) in [5, 5.41) is 0. The van der Waals surface area contributed by atoms with Crippen LogP contribution in [0, 0.1) is 73.1 Å². The lowest BCUT2D eigenvalue weighted by atomic mass is 10.2. The van der Waals surface area contributed by atoms with Gasteiger partial charge in [-0.25, -0.2) is 38.4 Å². The van der Waals surface area contributed by atoms with Crippen LogP contribution in [0.5, 0.6) is 0 Å². The SMILES string of the molecule is C#CC(=O)OCC[N+](C)(C)C.C#CC(=O)OCC[N+](CC)(CC)CC.C#CC(=O)OCC[N+](CC)(CCC)CCC.C#CC(=O)OCC[N+](CC)(CCC)CCCC.CC#CC(=O)OCC[N+](C)(C)C.CC#CC(=O)OCC[N+](CC)(CC)CC.CCCC[N+](CC)(CCC)CCOC(=O)/C=C/c1ccccc1.CCC[N+](CC)(CCC)CCOC(=O)/C=C/c1ccccc1. The summed E-state index contributed by atoms with van der Waals surface area (Å²) in [6.07, 6.45) is 38.0. The molecule has 0 aliphatic carbocycles. The number of ether oxygens (including phenoxy) is 8. The third kappa shape index (κ3) is 72.4. The molecule has 0 saturated heterocycles. The molecule has 0 amide bonds. The van der Waals surface area contributed by atoms with Crippen molar-refractivity contribution in [2.75, 3.05) is 265 Å². The van der Waals surface area contributed by atoms with E-state index in [0.29, 0.717) is 52.9 Å². The molecule has 2 aromatic carbocycles. The first-order chi connectivity index (χ1) is 61.8. The Balaban J connectivity index is -0.000000342. The minimum atomic E-state index is -0.585. The highest BCUT2D eigenvalue weighted by Crippen LogP contribution is 2.16. The number of quaternary nitrogens is 8. The van der Waals surface area contributed by atoms with Gasteiger partial charge in [-0.1, -0.05) is 141 Å². The predicted octanol–water partition coefficient (Wildman–Crippen LogP) is 14.8. The summed E-state index contributed by atoms with van der Waals surface area (Å²) < 4.78 is 47.8. The molecular weight excluding hydrogens is 1640 g/mol. The number of nitrogens with zero attached hydrogens (tertiary/aromatic N) is 8. The first kappa shape index (κ1) is 131. The summed E-state index contributed by atoms with van der Waals surface area (Å²) in [6, 6.07) is 19.6. The Labute approximate surface area is 792 Å². The first-order valence-electron chi connectivity index (χ1n) is 48.0. The van der Waals surface area contributed by atoms with Crippen LogP contribution in [-0.4, -0.2) is 349 Å². The third-order valence-corrected chi connectivity index (χ3v) is 23.0. The lowest BCUT2D eigenvalue weighted by Crippen LogP contribution is -2.51. The second-order valence-corrected chi connectivity index (χ2v) is 34.0. The minimum absolute atomic E-state index is 0.255. The second-order valence-electron chi connectivity index (χ2n) is 34.0. The van der Waals surface area contributed by atoms with Crippen molar-refractivity contribution in [2.24, 2.45) is 0 Å². The molecule has 0 saturated carbocycles. The molecule has 736 valence electrons. The van der Waals surface area contributed by atoms with E-state index in [9.17, 15) is 38.4 Å². The van der Waals surface area contributed by atoms with Gasteiger partial charge in [-0.2, -0.15) is 0 Å². The molecule has 2 unspecified atom stereocenters. The van der Waals surface area contributed by atoms with Gasteiger partial charge in [0, 0.05) is 47.7 Å². The molecule has 0 aromatic heterocycles. The van der Waals surface area contributed by atoms with Crippen molar-refractivity contribution in [1.82, 2.24) is 0 Å². The van der Waals surface area contributed by atoms with Crippen molar-refractivity contribution in [3.8, 4) is 73.1 Å². The molecule has 24 heteroatoms. The zero-order chi connectivity index (χ0) is 100. The molecule has 130 heavy (non-hydrogen) atoms. The first-order valence-corrected chi connectivity index (χ1v) is 48.0. The number of esters is 8. The van der Waals surface area contributed by atoms with E-state index in [1.54, 1.807) is 26.0 Å². The largest absolute Gasteiger partial charge is 0.457 e.